The van der Waals surface area contributed by atoms with E-state index in [-0.39, 0.29) is 29.7 Å². The predicted octanol–water partition coefficient (Wildman–Crippen LogP) is 4.22. The van der Waals surface area contributed by atoms with Gasteiger partial charge in [-0.3, -0.25) is 24.1 Å². The quantitative estimate of drug-likeness (QED) is 0.710. The Balaban J connectivity index is 1.47. The van der Waals surface area contributed by atoms with Gasteiger partial charge in [-0.15, -0.1) is 0 Å². The van der Waals surface area contributed by atoms with E-state index in [0.29, 0.717) is 34.5 Å². The minimum atomic E-state index is -0.339. The first-order chi connectivity index (χ1) is 15.0. The van der Waals surface area contributed by atoms with Crippen LogP contribution in [0.1, 0.15) is 76.5 Å². The van der Waals surface area contributed by atoms with Crippen molar-refractivity contribution in [3.8, 4) is 0 Å². The highest BCUT2D eigenvalue weighted by Gasteiger charge is 2.40. The predicted molar refractivity (Wildman–Crippen MR) is 117 cm³/mol. The van der Waals surface area contributed by atoms with Crippen molar-refractivity contribution in [2.45, 2.75) is 51.5 Å². The van der Waals surface area contributed by atoms with Gasteiger partial charge in [-0.1, -0.05) is 26.2 Å². The number of carbonyl (C=O) groups is 4. The van der Waals surface area contributed by atoms with Gasteiger partial charge in [0.15, 0.2) is 0 Å². The second kappa shape index (κ2) is 8.71. The van der Waals surface area contributed by atoms with Gasteiger partial charge in [-0.2, -0.15) is 0 Å². The van der Waals surface area contributed by atoms with Crippen LogP contribution >= 0.6 is 0 Å². The highest BCUT2D eigenvalue weighted by Crippen LogP contribution is 2.32. The summed E-state index contributed by atoms with van der Waals surface area (Å²) in [6.07, 6.45) is 5.27. The van der Waals surface area contributed by atoms with E-state index in [2.05, 4.69) is 10.6 Å². The molecule has 2 aliphatic rings. The lowest BCUT2D eigenvalue weighted by Gasteiger charge is -2.29. The lowest BCUT2D eigenvalue weighted by atomic mass is 9.94. The van der Waals surface area contributed by atoms with Gasteiger partial charge in [0, 0.05) is 29.4 Å². The highest BCUT2D eigenvalue weighted by atomic mass is 16.2. The summed E-state index contributed by atoms with van der Waals surface area (Å²) in [5, 5.41) is 5.51. The van der Waals surface area contributed by atoms with Gasteiger partial charge in [0.25, 0.3) is 17.7 Å². The molecule has 4 rings (SSSR count). The van der Waals surface area contributed by atoms with Crippen molar-refractivity contribution in [3.05, 3.63) is 59.2 Å². The van der Waals surface area contributed by atoms with Crippen molar-refractivity contribution in [1.82, 2.24) is 4.90 Å². The molecule has 2 aromatic rings. The third-order valence-corrected chi connectivity index (χ3v) is 5.87. The first-order valence-corrected chi connectivity index (χ1v) is 10.7. The Kier molecular flexibility index (Phi) is 5.84. The van der Waals surface area contributed by atoms with Crippen molar-refractivity contribution in [1.29, 1.82) is 0 Å². The molecule has 0 bridgehead atoms. The summed E-state index contributed by atoms with van der Waals surface area (Å²) in [4.78, 5) is 51.2. The van der Waals surface area contributed by atoms with Crippen molar-refractivity contribution in [3.63, 3.8) is 0 Å². The molecule has 1 aliphatic carbocycles. The van der Waals surface area contributed by atoms with Gasteiger partial charge in [-0.25, -0.2) is 0 Å². The van der Waals surface area contributed by atoms with Crippen LogP contribution in [0.25, 0.3) is 0 Å². The number of hydrogen-bond donors (Lipinski definition) is 2. The minimum Gasteiger partial charge on any atom is -0.326 e. The van der Waals surface area contributed by atoms with Crippen LogP contribution in [0.3, 0.4) is 0 Å². The standard InChI is InChI=1S/C24H25N3O4/c1-2-21(28)25-16-10-8-15(9-11-16)22(29)26-17-12-13-19-20(14-17)24(31)27(23(19)30)18-6-4-3-5-7-18/h8-14,18H,2-7H2,1H3,(H,25,28)(H,26,29). The summed E-state index contributed by atoms with van der Waals surface area (Å²) in [5.74, 6) is -0.959. The first kappa shape index (κ1) is 20.8. The van der Waals surface area contributed by atoms with Crippen molar-refractivity contribution in [2.24, 2.45) is 0 Å². The largest absolute Gasteiger partial charge is 0.326 e. The molecule has 1 heterocycles. The average Bonchev–Trinajstić information content (AvgIpc) is 3.04. The molecule has 2 aromatic carbocycles. The second-order valence-corrected chi connectivity index (χ2v) is 7.97. The zero-order chi connectivity index (χ0) is 22.0. The fraction of sp³-hybridized carbons (Fsp3) is 0.333. The molecule has 7 heteroatoms. The molecule has 4 amide bonds. The smallest absolute Gasteiger partial charge is 0.261 e. The Hall–Kier alpha value is -3.48. The first-order valence-electron chi connectivity index (χ1n) is 10.7. The SMILES string of the molecule is CCC(=O)Nc1ccc(C(=O)Nc2ccc3c(c2)C(=O)N(C2CCCCC2)C3=O)cc1. The fourth-order valence-corrected chi connectivity index (χ4v) is 4.17. The van der Waals surface area contributed by atoms with Gasteiger partial charge in [0.05, 0.1) is 11.1 Å². The number of anilines is 2. The molecular weight excluding hydrogens is 394 g/mol. The average molecular weight is 419 g/mol. The van der Waals surface area contributed by atoms with E-state index in [1.807, 2.05) is 0 Å². The third kappa shape index (κ3) is 4.21. The van der Waals surface area contributed by atoms with E-state index < -0.39 is 0 Å². The summed E-state index contributed by atoms with van der Waals surface area (Å²) < 4.78 is 0. The summed E-state index contributed by atoms with van der Waals surface area (Å²) >= 11 is 0. The lowest BCUT2D eigenvalue weighted by Crippen LogP contribution is -2.40. The van der Waals surface area contributed by atoms with Gasteiger partial charge in [0.2, 0.25) is 5.91 Å². The van der Waals surface area contributed by atoms with E-state index in [4.69, 9.17) is 0 Å². The van der Waals surface area contributed by atoms with E-state index in [1.165, 1.54) is 4.90 Å². The van der Waals surface area contributed by atoms with Crippen LogP contribution < -0.4 is 10.6 Å². The molecule has 0 unspecified atom stereocenters. The van der Waals surface area contributed by atoms with E-state index in [9.17, 15) is 19.2 Å². The van der Waals surface area contributed by atoms with Gasteiger partial charge < -0.3 is 10.6 Å². The molecule has 7 nitrogen and oxygen atoms in total. The topological polar surface area (TPSA) is 95.6 Å². The second-order valence-electron chi connectivity index (χ2n) is 7.97. The molecule has 0 radical (unpaired) electrons. The molecule has 0 spiro atoms. The Morgan fingerprint density at radius 1 is 0.871 bits per heavy atom. The highest BCUT2D eigenvalue weighted by molar-refractivity contribution is 6.22. The van der Waals surface area contributed by atoms with Crippen LogP contribution in [-0.4, -0.2) is 34.6 Å². The number of nitrogens with one attached hydrogen (secondary N) is 2. The van der Waals surface area contributed by atoms with Crippen LogP contribution in [0.2, 0.25) is 0 Å². The van der Waals surface area contributed by atoms with Crippen LogP contribution in [0, 0.1) is 0 Å². The Morgan fingerprint density at radius 2 is 1.52 bits per heavy atom. The number of rotatable bonds is 5. The molecule has 0 aromatic heterocycles. The number of fused-ring (bicyclic) bond motifs is 1. The maximum absolute atomic E-state index is 12.9. The van der Waals surface area contributed by atoms with Gasteiger partial charge in [-0.05, 0) is 55.3 Å². The van der Waals surface area contributed by atoms with E-state index in [0.717, 1.165) is 32.1 Å². The summed E-state index contributed by atoms with van der Waals surface area (Å²) in [7, 11) is 0. The zero-order valence-corrected chi connectivity index (χ0v) is 17.4. The maximum atomic E-state index is 12.9. The minimum absolute atomic E-state index is 0.0362. The number of benzene rings is 2. The number of imide groups is 1. The lowest BCUT2D eigenvalue weighted by molar-refractivity contribution is -0.115. The van der Waals surface area contributed by atoms with E-state index >= 15 is 0 Å². The molecule has 160 valence electrons. The molecule has 0 atom stereocenters. The van der Waals surface area contributed by atoms with Crippen molar-refractivity contribution >= 4 is 35.0 Å². The van der Waals surface area contributed by atoms with Crippen LogP contribution in [-0.2, 0) is 4.79 Å². The van der Waals surface area contributed by atoms with Crippen molar-refractivity contribution < 1.29 is 19.2 Å². The maximum Gasteiger partial charge on any atom is 0.261 e. The van der Waals surface area contributed by atoms with E-state index in [1.54, 1.807) is 49.4 Å². The molecule has 1 fully saturated rings. The van der Waals surface area contributed by atoms with Gasteiger partial charge >= 0.3 is 0 Å². The summed E-state index contributed by atoms with van der Waals surface area (Å²) in [5.41, 5.74) is 2.23. The third-order valence-electron chi connectivity index (χ3n) is 5.87. The van der Waals surface area contributed by atoms with Crippen LogP contribution in [0.4, 0.5) is 11.4 Å². The zero-order valence-electron chi connectivity index (χ0n) is 17.4. The molecule has 0 saturated heterocycles. The monoisotopic (exact) mass is 419 g/mol. The molecule has 31 heavy (non-hydrogen) atoms. The normalized spacial score (nSPS) is 16.2. The Labute approximate surface area is 180 Å². The Morgan fingerprint density at radius 3 is 2.19 bits per heavy atom. The number of nitrogens with zero attached hydrogens (tertiary/aromatic N) is 1. The number of carbonyl (C=O) groups excluding carboxylic acids is 4. The summed E-state index contributed by atoms with van der Waals surface area (Å²) in [6.45, 7) is 1.76. The van der Waals surface area contributed by atoms with Crippen molar-refractivity contribution in [2.75, 3.05) is 10.6 Å². The van der Waals surface area contributed by atoms with Crippen LogP contribution in [0.15, 0.2) is 42.5 Å². The van der Waals surface area contributed by atoms with Crippen LogP contribution in [0.5, 0.6) is 0 Å². The number of hydrogen-bond acceptors (Lipinski definition) is 4. The Bertz CT molecular complexity index is 1040. The van der Waals surface area contributed by atoms with Gasteiger partial charge in [0.1, 0.15) is 0 Å². The molecule has 1 saturated carbocycles. The fourth-order valence-electron chi connectivity index (χ4n) is 4.17. The molecular formula is C24H25N3O4. The molecule has 1 aliphatic heterocycles. The molecule has 2 N–H and O–H groups in total. The summed E-state index contributed by atoms with van der Waals surface area (Å²) in [6, 6.07) is 11.4. The number of amides is 4.